The third-order valence-corrected chi connectivity index (χ3v) is 5.75. The van der Waals surface area contributed by atoms with Gasteiger partial charge in [0.25, 0.3) is 0 Å². The lowest BCUT2D eigenvalue weighted by atomic mass is 10.0. The number of ether oxygens (including phenoxy) is 1. The van der Waals surface area contributed by atoms with Crippen molar-refractivity contribution in [1.82, 2.24) is 0 Å². The molecule has 0 fully saturated rings. The van der Waals surface area contributed by atoms with E-state index in [0.29, 0.717) is 21.0 Å². The van der Waals surface area contributed by atoms with Crippen LogP contribution in [-0.2, 0) is 9.53 Å². The number of halogens is 1. The SMILES string of the molecule is CCOC(=O)c1c(-c2ccccc2)csc1NC(=O)CSc1ccccc1F. The average Bonchev–Trinajstić information content (AvgIpc) is 3.12. The van der Waals surface area contributed by atoms with Crippen LogP contribution in [0.5, 0.6) is 0 Å². The van der Waals surface area contributed by atoms with Crippen molar-refractivity contribution in [2.75, 3.05) is 17.7 Å². The molecular formula is C21H18FNO3S2. The highest BCUT2D eigenvalue weighted by Gasteiger charge is 2.22. The fourth-order valence-corrected chi connectivity index (χ4v) is 4.27. The molecule has 1 aromatic heterocycles. The molecule has 0 aliphatic carbocycles. The summed E-state index contributed by atoms with van der Waals surface area (Å²) < 4.78 is 18.9. The summed E-state index contributed by atoms with van der Waals surface area (Å²) in [6.07, 6.45) is 0. The zero-order valence-corrected chi connectivity index (χ0v) is 16.7. The van der Waals surface area contributed by atoms with Crippen LogP contribution >= 0.6 is 23.1 Å². The summed E-state index contributed by atoms with van der Waals surface area (Å²) in [5.41, 5.74) is 1.91. The predicted molar refractivity (Wildman–Crippen MR) is 111 cm³/mol. The van der Waals surface area contributed by atoms with Gasteiger partial charge in [-0.05, 0) is 24.6 Å². The van der Waals surface area contributed by atoms with Gasteiger partial charge in [-0.3, -0.25) is 4.79 Å². The molecule has 0 aliphatic heterocycles. The van der Waals surface area contributed by atoms with E-state index in [1.807, 2.05) is 35.7 Å². The number of thiophene rings is 1. The van der Waals surface area contributed by atoms with Gasteiger partial charge in [0.15, 0.2) is 0 Å². The van der Waals surface area contributed by atoms with Crippen molar-refractivity contribution in [3.63, 3.8) is 0 Å². The van der Waals surface area contributed by atoms with Gasteiger partial charge in [0.05, 0.1) is 12.4 Å². The van der Waals surface area contributed by atoms with Crippen molar-refractivity contribution < 1.29 is 18.7 Å². The number of hydrogen-bond donors (Lipinski definition) is 1. The minimum absolute atomic E-state index is 0.0295. The van der Waals surface area contributed by atoms with Gasteiger partial charge >= 0.3 is 5.97 Å². The molecule has 0 spiro atoms. The van der Waals surface area contributed by atoms with Crippen LogP contribution in [0.25, 0.3) is 11.1 Å². The molecule has 28 heavy (non-hydrogen) atoms. The number of carbonyl (C=O) groups is 2. The number of amides is 1. The van der Waals surface area contributed by atoms with Gasteiger partial charge in [-0.15, -0.1) is 23.1 Å². The van der Waals surface area contributed by atoms with Crippen LogP contribution in [0.3, 0.4) is 0 Å². The van der Waals surface area contributed by atoms with E-state index in [2.05, 4.69) is 5.32 Å². The topological polar surface area (TPSA) is 55.4 Å². The number of thioether (sulfide) groups is 1. The number of anilines is 1. The van der Waals surface area contributed by atoms with Crippen molar-refractivity contribution >= 4 is 40.0 Å². The van der Waals surface area contributed by atoms with Gasteiger partial charge in [0.1, 0.15) is 16.4 Å². The molecule has 0 bridgehead atoms. The summed E-state index contributed by atoms with van der Waals surface area (Å²) in [6.45, 7) is 1.97. The number of esters is 1. The molecule has 1 heterocycles. The van der Waals surface area contributed by atoms with Crippen molar-refractivity contribution in [1.29, 1.82) is 0 Å². The van der Waals surface area contributed by atoms with Gasteiger partial charge in [0.2, 0.25) is 5.91 Å². The van der Waals surface area contributed by atoms with Crippen LogP contribution in [0.4, 0.5) is 9.39 Å². The summed E-state index contributed by atoms with van der Waals surface area (Å²) in [4.78, 5) is 25.3. The van der Waals surface area contributed by atoms with Gasteiger partial charge in [-0.2, -0.15) is 0 Å². The van der Waals surface area contributed by atoms with Crippen molar-refractivity contribution in [3.05, 3.63) is 71.4 Å². The Balaban J connectivity index is 1.79. The first-order chi connectivity index (χ1) is 13.6. The molecule has 0 unspecified atom stereocenters. The second-order valence-electron chi connectivity index (χ2n) is 5.71. The Morgan fingerprint density at radius 2 is 1.82 bits per heavy atom. The average molecular weight is 416 g/mol. The molecule has 4 nitrogen and oxygen atoms in total. The largest absolute Gasteiger partial charge is 0.462 e. The second kappa shape index (κ2) is 9.52. The first-order valence-corrected chi connectivity index (χ1v) is 10.5. The molecule has 0 saturated carbocycles. The summed E-state index contributed by atoms with van der Waals surface area (Å²) in [6, 6.07) is 15.7. The lowest BCUT2D eigenvalue weighted by molar-refractivity contribution is -0.113. The second-order valence-corrected chi connectivity index (χ2v) is 7.60. The van der Waals surface area contributed by atoms with E-state index < -0.39 is 5.97 Å². The molecule has 0 radical (unpaired) electrons. The van der Waals surface area contributed by atoms with Gasteiger partial charge in [-0.1, -0.05) is 42.5 Å². The van der Waals surface area contributed by atoms with Crippen molar-refractivity contribution in [2.24, 2.45) is 0 Å². The van der Waals surface area contributed by atoms with E-state index in [1.54, 1.807) is 25.1 Å². The van der Waals surface area contributed by atoms with Crippen molar-refractivity contribution in [3.8, 4) is 11.1 Å². The lowest BCUT2D eigenvalue weighted by Gasteiger charge is -2.09. The Bertz CT molecular complexity index is 973. The fourth-order valence-electron chi connectivity index (χ4n) is 2.55. The van der Waals surface area contributed by atoms with E-state index in [-0.39, 0.29) is 24.1 Å². The highest BCUT2D eigenvalue weighted by molar-refractivity contribution is 8.00. The van der Waals surface area contributed by atoms with Crippen LogP contribution in [-0.4, -0.2) is 24.2 Å². The van der Waals surface area contributed by atoms with Crippen LogP contribution < -0.4 is 5.32 Å². The summed E-state index contributed by atoms with van der Waals surface area (Å²) in [5.74, 6) is -1.14. The smallest absolute Gasteiger partial charge is 0.341 e. The van der Waals surface area contributed by atoms with Crippen LogP contribution in [0, 0.1) is 5.82 Å². The Morgan fingerprint density at radius 1 is 1.11 bits per heavy atom. The third-order valence-electron chi connectivity index (χ3n) is 3.80. The molecule has 144 valence electrons. The highest BCUT2D eigenvalue weighted by Crippen LogP contribution is 2.36. The molecular weight excluding hydrogens is 397 g/mol. The number of carbonyl (C=O) groups excluding carboxylic acids is 2. The number of benzene rings is 2. The molecule has 0 saturated heterocycles. The van der Waals surface area contributed by atoms with Crippen molar-refractivity contribution in [2.45, 2.75) is 11.8 Å². The molecule has 1 N–H and O–H groups in total. The maximum absolute atomic E-state index is 13.7. The maximum atomic E-state index is 13.7. The quantitative estimate of drug-likeness (QED) is 0.411. The predicted octanol–water partition coefficient (Wildman–Crippen LogP) is 5.46. The first kappa shape index (κ1) is 20.1. The van der Waals surface area contributed by atoms with Gasteiger partial charge in [0, 0.05) is 15.8 Å². The minimum atomic E-state index is -0.486. The zero-order valence-electron chi connectivity index (χ0n) is 15.1. The Labute approximate surface area is 170 Å². The van der Waals surface area contributed by atoms with E-state index in [1.165, 1.54) is 17.4 Å². The lowest BCUT2D eigenvalue weighted by Crippen LogP contribution is -2.16. The van der Waals surface area contributed by atoms with Gasteiger partial charge < -0.3 is 10.1 Å². The number of nitrogens with one attached hydrogen (secondary N) is 1. The standard InChI is InChI=1S/C21H18FNO3S2/c1-2-26-21(25)19-15(14-8-4-3-5-9-14)12-28-20(19)23-18(24)13-27-17-11-7-6-10-16(17)22/h3-12H,2,13H2,1H3,(H,23,24). The normalized spacial score (nSPS) is 10.5. The van der Waals surface area contributed by atoms with E-state index in [4.69, 9.17) is 4.74 Å². The molecule has 1 amide bonds. The Morgan fingerprint density at radius 3 is 2.54 bits per heavy atom. The molecule has 3 aromatic rings. The molecule has 0 aliphatic rings. The summed E-state index contributed by atoms with van der Waals surface area (Å²) >= 11 is 2.37. The minimum Gasteiger partial charge on any atom is -0.462 e. The number of hydrogen-bond acceptors (Lipinski definition) is 5. The zero-order chi connectivity index (χ0) is 19.9. The monoisotopic (exact) mass is 415 g/mol. The third kappa shape index (κ3) is 4.79. The summed E-state index contributed by atoms with van der Waals surface area (Å²) in [7, 11) is 0. The maximum Gasteiger partial charge on any atom is 0.341 e. The Kier molecular flexibility index (Phi) is 6.84. The van der Waals surface area contributed by atoms with E-state index in [9.17, 15) is 14.0 Å². The Hall–Kier alpha value is -2.64. The van der Waals surface area contributed by atoms with Crippen LogP contribution in [0.1, 0.15) is 17.3 Å². The van der Waals surface area contributed by atoms with Crippen LogP contribution in [0.2, 0.25) is 0 Å². The highest BCUT2D eigenvalue weighted by atomic mass is 32.2. The van der Waals surface area contributed by atoms with Crippen LogP contribution in [0.15, 0.2) is 64.9 Å². The molecule has 7 heteroatoms. The fraction of sp³-hybridized carbons (Fsp3) is 0.143. The molecule has 2 aromatic carbocycles. The molecule has 0 atom stereocenters. The first-order valence-electron chi connectivity index (χ1n) is 8.61. The summed E-state index contributed by atoms with van der Waals surface area (Å²) in [5, 5.41) is 5.01. The van der Waals surface area contributed by atoms with E-state index in [0.717, 1.165) is 17.3 Å². The van der Waals surface area contributed by atoms with E-state index >= 15 is 0 Å². The van der Waals surface area contributed by atoms with Gasteiger partial charge in [-0.25, -0.2) is 9.18 Å². The number of rotatable bonds is 7. The molecule has 3 rings (SSSR count).